The second kappa shape index (κ2) is 5.45. The van der Waals surface area contributed by atoms with Crippen LogP contribution >= 0.6 is 22.9 Å². The van der Waals surface area contributed by atoms with E-state index in [1.807, 2.05) is 0 Å². The molecule has 1 N–H and O–H groups in total. The SMILES string of the molecule is O=[N+]([O-])c1cc(F)c(F)cc1NCc1cnc(Cl)s1. The predicted molar refractivity (Wildman–Crippen MR) is 67.5 cm³/mol. The fraction of sp³-hybridized carbons (Fsp3) is 0.100. The molecule has 2 aromatic rings. The van der Waals surface area contributed by atoms with Crippen LogP contribution in [0.2, 0.25) is 4.47 Å². The van der Waals surface area contributed by atoms with Gasteiger partial charge in [0, 0.05) is 17.1 Å². The van der Waals surface area contributed by atoms with Gasteiger partial charge in [-0.15, -0.1) is 11.3 Å². The Morgan fingerprint density at radius 1 is 1.42 bits per heavy atom. The zero-order valence-electron chi connectivity index (χ0n) is 9.19. The lowest BCUT2D eigenvalue weighted by molar-refractivity contribution is -0.384. The third-order valence-electron chi connectivity index (χ3n) is 2.21. The fourth-order valence-electron chi connectivity index (χ4n) is 1.38. The van der Waals surface area contributed by atoms with Gasteiger partial charge in [-0.1, -0.05) is 11.6 Å². The average Bonchev–Trinajstić information content (AvgIpc) is 2.76. The molecule has 9 heteroatoms. The van der Waals surface area contributed by atoms with Crippen LogP contribution in [-0.4, -0.2) is 9.91 Å². The number of nitro groups is 1. The molecule has 0 aliphatic heterocycles. The van der Waals surface area contributed by atoms with Crippen molar-refractivity contribution in [2.75, 3.05) is 5.32 Å². The highest BCUT2D eigenvalue weighted by molar-refractivity contribution is 7.15. The lowest BCUT2D eigenvalue weighted by atomic mass is 10.2. The summed E-state index contributed by atoms with van der Waals surface area (Å²) in [6.45, 7) is 0.177. The summed E-state index contributed by atoms with van der Waals surface area (Å²) in [5, 5.41) is 13.4. The zero-order valence-corrected chi connectivity index (χ0v) is 10.8. The Kier molecular flexibility index (Phi) is 3.91. The Bertz CT molecular complexity index is 635. The molecule has 0 saturated heterocycles. The van der Waals surface area contributed by atoms with Crippen LogP contribution in [0.25, 0.3) is 0 Å². The van der Waals surface area contributed by atoms with E-state index in [-0.39, 0.29) is 12.2 Å². The van der Waals surface area contributed by atoms with Gasteiger partial charge in [-0.3, -0.25) is 10.1 Å². The first kappa shape index (κ1) is 13.6. The largest absolute Gasteiger partial charge is 0.374 e. The lowest BCUT2D eigenvalue weighted by Crippen LogP contribution is -2.03. The van der Waals surface area contributed by atoms with E-state index in [9.17, 15) is 18.9 Å². The van der Waals surface area contributed by atoms with E-state index in [4.69, 9.17) is 11.6 Å². The Balaban J connectivity index is 2.23. The van der Waals surface area contributed by atoms with Crippen molar-refractivity contribution in [2.24, 2.45) is 0 Å². The number of benzene rings is 1. The number of halogens is 3. The van der Waals surface area contributed by atoms with Gasteiger partial charge in [0.15, 0.2) is 16.1 Å². The van der Waals surface area contributed by atoms with E-state index in [1.165, 1.54) is 17.5 Å². The van der Waals surface area contributed by atoms with Crippen molar-refractivity contribution in [2.45, 2.75) is 6.54 Å². The van der Waals surface area contributed by atoms with Gasteiger partial charge in [-0.05, 0) is 0 Å². The van der Waals surface area contributed by atoms with Crippen LogP contribution < -0.4 is 5.32 Å². The smallest absolute Gasteiger partial charge is 0.295 e. The van der Waals surface area contributed by atoms with E-state index in [1.54, 1.807) is 0 Å². The van der Waals surface area contributed by atoms with Crippen LogP contribution in [0, 0.1) is 21.7 Å². The van der Waals surface area contributed by atoms with Gasteiger partial charge < -0.3 is 5.32 Å². The molecule has 0 aliphatic rings. The van der Waals surface area contributed by atoms with Gasteiger partial charge in [-0.2, -0.15) is 0 Å². The highest BCUT2D eigenvalue weighted by Gasteiger charge is 2.18. The molecule has 0 unspecified atom stereocenters. The molecule has 0 spiro atoms. The molecule has 0 aliphatic carbocycles. The van der Waals surface area contributed by atoms with Gasteiger partial charge in [0.05, 0.1) is 17.5 Å². The minimum atomic E-state index is -1.27. The molecule has 0 atom stereocenters. The number of nitro benzene ring substituents is 1. The van der Waals surface area contributed by atoms with Crippen molar-refractivity contribution in [1.29, 1.82) is 0 Å². The number of nitrogens with zero attached hydrogens (tertiary/aromatic N) is 2. The molecule has 19 heavy (non-hydrogen) atoms. The van der Waals surface area contributed by atoms with Crippen molar-refractivity contribution in [3.8, 4) is 0 Å². The van der Waals surface area contributed by atoms with Crippen LogP contribution in [0.3, 0.4) is 0 Å². The van der Waals surface area contributed by atoms with Gasteiger partial charge in [0.2, 0.25) is 0 Å². The third kappa shape index (κ3) is 3.15. The predicted octanol–water partition coefficient (Wildman–Crippen LogP) is 3.59. The van der Waals surface area contributed by atoms with E-state index in [2.05, 4.69) is 10.3 Å². The highest BCUT2D eigenvalue weighted by Crippen LogP contribution is 2.28. The second-order valence-corrected chi connectivity index (χ2v) is 5.17. The maximum Gasteiger partial charge on any atom is 0.295 e. The first-order valence-corrected chi connectivity index (χ1v) is 6.14. The molecule has 5 nitrogen and oxygen atoms in total. The molecule has 0 fully saturated rings. The van der Waals surface area contributed by atoms with Gasteiger partial charge in [0.25, 0.3) is 5.69 Å². The fourth-order valence-corrected chi connectivity index (χ4v) is 2.29. The Hall–Kier alpha value is -1.80. The van der Waals surface area contributed by atoms with Gasteiger partial charge in [-0.25, -0.2) is 13.8 Å². The minimum absolute atomic E-state index is 0.103. The third-order valence-corrected chi connectivity index (χ3v) is 3.33. The van der Waals surface area contributed by atoms with Gasteiger partial charge in [0.1, 0.15) is 5.69 Å². The first-order valence-electron chi connectivity index (χ1n) is 4.95. The molecule has 0 amide bonds. The summed E-state index contributed by atoms with van der Waals surface area (Å²) in [6.07, 6.45) is 1.49. The highest BCUT2D eigenvalue weighted by atomic mass is 35.5. The van der Waals surface area contributed by atoms with E-state index >= 15 is 0 Å². The molecule has 0 bridgehead atoms. The monoisotopic (exact) mass is 305 g/mol. The number of nitrogens with one attached hydrogen (secondary N) is 1. The first-order chi connectivity index (χ1) is 8.97. The minimum Gasteiger partial charge on any atom is -0.374 e. The molecule has 100 valence electrons. The zero-order chi connectivity index (χ0) is 14.0. The van der Waals surface area contributed by atoms with Crippen molar-refractivity contribution >= 4 is 34.3 Å². The van der Waals surface area contributed by atoms with Crippen LogP contribution in [0.1, 0.15) is 4.88 Å². The Labute approximate surface area is 115 Å². The molecular formula is C10H6ClF2N3O2S. The average molecular weight is 306 g/mol. The number of aromatic nitrogens is 1. The summed E-state index contributed by atoms with van der Waals surface area (Å²) >= 11 is 6.81. The number of hydrogen-bond acceptors (Lipinski definition) is 5. The van der Waals surface area contributed by atoms with Crippen LogP contribution in [0.15, 0.2) is 18.3 Å². The van der Waals surface area contributed by atoms with E-state index < -0.39 is 22.2 Å². The number of thiazole rings is 1. The molecular weight excluding hydrogens is 300 g/mol. The Morgan fingerprint density at radius 3 is 2.68 bits per heavy atom. The maximum atomic E-state index is 13.1. The lowest BCUT2D eigenvalue weighted by Gasteiger charge is -2.06. The van der Waals surface area contributed by atoms with Crippen molar-refractivity contribution in [1.82, 2.24) is 4.98 Å². The molecule has 2 rings (SSSR count). The summed E-state index contributed by atoms with van der Waals surface area (Å²) < 4.78 is 26.4. The topological polar surface area (TPSA) is 68.1 Å². The summed E-state index contributed by atoms with van der Waals surface area (Å²) in [4.78, 5) is 14.5. The van der Waals surface area contributed by atoms with Gasteiger partial charge >= 0.3 is 0 Å². The van der Waals surface area contributed by atoms with E-state index in [0.29, 0.717) is 15.4 Å². The maximum absolute atomic E-state index is 13.1. The number of anilines is 1. The van der Waals surface area contributed by atoms with Crippen molar-refractivity contribution < 1.29 is 13.7 Å². The van der Waals surface area contributed by atoms with E-state index in [0.717, 1.165) is 6.07 Å². The van der Waals surface area contributed by atoms with Crippen molar-refractivity contribution in [3.63, 3.8) is 0 Å². The van der Waals surface area contributed by atoms with Crippen LogP contribution in [0.5, 0.6) is 0 Å². The summed E-state index contributed by atoms with van der Waals surface area (Å²) in [7, 11) is 0. The molecule has 0 saturated carbocycles. The summed E-state index contributed by atoms with van der Waals surface area (Å²) in [5.74, 6) is -2.42. The summed E-state index contributed by atoms with van der Waals surface area (Å²) in [6, 6.07) is 1.29. The van der Waals surface area contributed by atoms with Crippen LogP contribution in [-0.2, 0) is 6.54 Å². The Morgan fingerprint density at radius 2 is 2.11 bits per heavy atom. The number of hydrogen-bond donors (Lipinski definition) is 1. The quantitative estimate of drug-likeness (QED) is 0.692. The normalized spacial score (nSPS) is 10.5. The van der Waals surface area contributed by atoms with Crippen molar-refractivity contribution in [3.05, 3.63) is 49.4 Å². The number of rotatable bonds is 4. The molecule has 1 aromatic carbocycles. The summed E-state index contributed by atoms with van der Waals surface area (Å²) in [5.41, 5.74) is -0.636. The standard InChI is InChI=1S/C10H6ClF2N3O2S/c11-10-15-4-5(19-10)3-14-8-1-6(12)7(13)2-9(8)16(17)18/h1-2,4,14H,3H2. The van der Waals surface area contributed by atoms with Crippen LogP contribution in [0.4, 0.5) is 20.2 Å². The molecule has 1 aromatic heterocycles. The second-order valence-electron chi connectivity index (χ2n) is 3.47. The molecule has 1 heterocycles. The molecule has 0 radical (unpaired) electrons.